The maximum atomic E-state index is 13.6. The largest absolute Gasteiger partial charge is 0.300 e. The van der Waals surface area contributed by atoms with Gasteiger partial charge in [0.1, 0.15) is 0 Å². The first-order valence-electron chi connectivity index (χ1n) is 13.0. The Morgan fingerprint density at radius 1 is 0.811 bits per heavy atom. The average Bonchev–Trinajstić information content (AvgIpc) is 3.59. The third kappa shape index (κ3) is 5.18. The summed E-state index contributed by atoms with van der Waals surface area (Å²) in [5.74, 6) is -1.83. The summed E-state index contributed by atoms with van der Waals surface area (Å²) in [4.78, 5) is 11.5. The lowest BCUT2D eigenvalue weighted by Gasteiger charge is -2.41. The topological polar surface area (TPSA) is 64.7 Å². The van der Waals surface area contributed by atoms with Crippen LogP contribution in [0, 0.1) is 0 Å². The van der Waals surface area contributed by atoms with Gasteiger partial charge in [-0.1, -0.05) is 18.2 Å². The first-order chi connectivity index (χ1) is 17.9. The Labute approximate surface area is 215 Å². The molecule has 7 nitrogen and oxygen atoms in total. The summed E-state index contributed by atoms with van der Waals surface area (Å²) in [6.07, 6.45) is 15.6. The van der Waals surface area contributed by atoms with Gasteiger partial charge in [0.2, 0.25) is 0 Å². The molecule has 4 heterocycles. The van der Waals surface area contributed by atoms with Gasteiger partial charge in [0.05, 0.1) is 18.4 Å². The van der Waals surface area contributed by atoms with E-state index in [0.29, 0.717) is 25.0 Å². The van der Waals surface area contributed by atoms with E-state index in [1.165, 1.54) is 0 Å². The van der Waals surface area contributed by atoms with Gasteiger partial charge >= 0.3 is 0 Å². The molecule has 0 amide bonds. The fourth-order valence-electron chi connectivity index (χ4n) is 5.65. The molecular weight excluding hydrogens is 472 g/mol. The van der Waals surface area contributed by atoms with Crippen molar-refractivity contribution in [2.75, 3.05) is 13.1 Å². The van der Waals surface area contributed by atoms with E-state index in [1.54, 1.807) is 4.68 Å². The van der Waals surface area contributed by atoms with E-state index >= 15 is 0 Å². The van der Waals surface area contributed by atoms with Crippen LogP contribution in [0.25, 0.3) is 33.6 Å². The highest BCUT2D eigenvalue weighted by molar-refractivity contribution is 5.70. The van der Waals surface area contributed by atoms with Crippen molar-refractivity contribution >= 4 is 0 Å². The van der Waals surface area contributed by atoms with Crippen molar-refractivity contribution in [2.24, 2.45) is 7.05 Å². The smallest absolute Gasteiger partial charge is 0.250 e. The highest BCUT2D eigenvalue weighted by atomic mass is 19.3. The first-order valence-corrected chi connectivity index (χ1v) is 13.0. The Hall–Kier alpha value is -3.46. The third-order valence-electron chi connectivity index (χ3n) is 7.78. The van der Waals surface area contributed by atoms with Crippen LogP contribution in [0.3, 0.4) is 0 Å². The minimum Gasteiger partial charge on any atom is -0.300 e. The lowest BCUT2D eigenvalue weighted by molar-refractivity contribution is -0.0671. The zero-order valence-electron chi connectivity index (χ0n) is 21.0. The van der Waals surface area contributed by atoms with Gasteiger partial charge in [-0.05, 0) is 37.3 Å². The summed E-state index contributed by atoms with van der Waals surface area (Å²) >= 11 is 0. The van der Waals surface area contributed by atoms with E-state index in [-0.39, 0.29) is 18.9 Å². The summed E-state index contributed by atoms with van der Waals surface area (Å²) in [5, 5.41) is 8.92. The van der Waals surface area contributed by atoms with Gasteiger partial charge < -0.3 is 0 Å². The minimum atomic E-state index is -2.50. The molecule has 3 aromatic heterocycles. The van der Waals surface area contributed by atoms with Gasteiger partial charge in [-0.2, -0.15) is 10.2 Å². The fraction of sp³-hybridized carbons (Fsp3) is 0.429. The number of benzene rings is 1. The Kier molecular flexibility index (Phi) is 6.32. The molecule has 0 spiro atoms. The number of nitrogens with zero attached hydrogens (tertiary/aromatic N) is 7. The van der Waals surface area contributed by atoms with Gasteiger partial charge in [0, 0.05) is 86.1 Å². The SMILES string of the molecule is Cn1cc(-c2cccc(-c3ncc(-c4cnn(C5CCC[C@@H](N6CCC(F)(F)CC6)C5)c4)cn3)c2)cn1. The quantitative estimate of drug-likeness (QED) is 0.354. The molecule has 2 fully saturated rings. The number of aryl methyl sites for hydroxylation is 1. The van der Waals surface area contributed by atoms with Crippen LogP contribution in [-0.2, 0) is 7.05 Å². The fourth-order valence-corrected chi connectivity index (χ4v) is 5.65. The van der Waals surface area contributed by atoms with Crippen LogP contribution in [0.2, 0.25) is 0 Å². The molecule has 0 bridgehead atoms. The van der Waals surface area contributed by atoms with Crippen LogP contribution in [0.4, 0.5) is 8.78 Å². The molecule has 1 unspecified atom stereocenters. The van der Waals surface area contributed by atoms with Crippen LogP contribution >= 0.6 is 0 Å². The van der Waals surface area contributed by atoms with E-state index in [0.717, 1.165) is 53.5 Å². The molecule has 6 rings (SSSR count). The monoisotopic (exact) mass is 503 g/mol. The molecule has 1 aromatic carbocycles. The maximum Gasteiger partial charge on any atom is 0.250 e. The van der Waals surface area contributed by atoms with E-state index in [4.69, 9.17) is 0 Å². The molecule has 2 atom stereocenters. The highest BCUT2D eigenvalue weighted by Gasteiger charge is 2.37. The maximum absolute atomic E-state index is 13.6. The summed E-state index contributed by atoms with van der Waals surface area (Å²) < 4.78 is 31.0. The van der Waals surface area contributed by atoms with Gasteiger partial charge in [-0.3, -0.25) is 14.3 Å². The van der Waals surface area contributed by atoms with Crippen LogP contribution in [0.1, 0.15) is 44.6 Å². The lowest BCUT2D eigenvalue weighted by atomic mass is 9.88. The summed E-state index contributed by atoms with van der Waals surface area (Å²) in [6, 6.07) is 8.78. The summed E-state index contributed by atoms with van der Waals surface area (Å²) in [6.45, 7) is 0.979. The Morgan fingerprint density at radius 3 is 2.27 bits per heavy atom. The average molecular weight is 504 g/mol. The number of hydrogen-bond donors (Lipinski definition) is 0. The van der Waals surface area contributed by atoms with Gasteiger partial charge in [0.15, 0.2) is 5.82 Å². The molecule has 4 aromatic rings. The molecule has 1 saturated heterocycles. The zero-order valence-corrected chi connectivity index (χ0v) is 21.0. The van der Waals surface area contributed by atoms with Crippen LogP contribution in [0.15, 0.2) is 61.4 Å². The molecule has 1 aliphatic heterocycles. The number of piperidine rings is 1. The molecule has 1 aliphatic carbocycles. The van der Waals surface area contributed by atoms with E-state index in [9.17, 15) is 8.78 Å². The van der Waals surface area contributed by atoms with E-state index < -0.39 is 5.92 Å². The molecule has 0 radical (unpaired) electrons. The normalized spacial score (nSPS) is 22.2. The molecule has 9 heteroatoms. The second-order valence-electron chi connectivity index (χ2n) is 10.4. The van der Waals surface area contributed by atoms with Crippen LogP contribution < -0.4 is 0 Å². The molecular formula is C28H31F2N7. The van der Waals surface area contributed by atoms with E-state index in [2.05, 4.69) is 43.4 Å². The summed E-state index contributed by atoms with van der Waals surface area (Å²) in [7, 11) is 1.90. The van der Waals surface area contributed by atoms with Crippen molar-refractivity contribution in [1.82, 2.24) is 34.4 Å². The van der Waals surface area contributed by atoms with Gasteiger partial charge in [-0.15, -0.1) is 0 Å². The standard InChI is InChI=1S/C28H31F2N7/c1-35-18-23(16-33-35)20-4-2-5-21(12-20)27-31-14-22(15-32-27)24-17-34-37(19-24)26-7-3-6-25(13-26)36-10-8-28(29,30)9-11-36/h2,4-5,12,14-19,25-26H,3,6-11,13H2,1H3/t25-,26?/m1/s1. The predicted molar refractivity (Wildman–Crippen MR) is 138 cm³/mol. The van der Waals surface area contributed by atoms with Crippen molar-refractivity contribution in [3.05, 3.63) is 61.4 Å². The molecule has 37 heavy (non-hydrogen) atoms. The molecule has 192 valence electrons. The molecule has 1 saturated carbocycles. The summed E-state index contributed by atoms with van der Waals surface area (Å²) in [5.41, 5.74) is 4.98. The van der Waals surface area contributed by atoms with Crippen molar-refractivity contribution in [1.29, 1.82) is 0 Å². The second-order valence-corrected chi connectivity index (χ2v) is 10.4. The Bertz CT molecular complexity index is 1350. The van der Waals surface area contributed by atoms with Crippen molar-refractivity contribution in [3.8, 4) is 33.6 Å². The number of rotatable bonds is 5. The van der Waals surface area contributed by atoms with Gasteiger partial charge in [-0.25, -0.2) is 18.7 Å². The van der Waals surface area contributed by atoms with Crippen molar-refractivity contribution in [2.45, 2.75) is 56.5 Å². The number of likely N-dealkylation sites (tertiary alicyclic amines) is 1. The number of halogens is 2. The van der Waals surface area contributed by atoms with E-state index in [1.807, 2.05) is 54.8 Å². The second kappa shape index (κ2) is 9.78. The first kappa shape index (κ1) is 23.9. The number of aromatic nitrogens is 6. The highest BCUT2D eigenvalue weighted by Crippen LogP contribution is 2.36. The number of alkyl halides is 2. The van der Waals surface area contributed by atoms with Crippen LogP contribution in [-0.4, -0.2) is 59.5 Å². The lowest BCUT2D eigenvalue weighted by Crippen LogP contribution is -2.46. The van der Waals surface area contributed by atoms with Crippen LogP contribution in [0.5, 0.6) is 0 Å². The zero-order chi connectivity index (χ0) is 25.4. The minimum absolute atomic E-state index is 0.0240. The third-order valence-corrected chi connectivity index (χ3v) is 7.78. The Balaban J connectivity index is 1.14. The molecule has 0 N–H and O–H groups in total. The Morgan fingerprint density at radius 2 is 1.51 bits per heavy atom. The molecule has 2 aliphatic rings. The number of hydrogen-bond acceptors (Lipinski definition) is 5. The van der Waals surface area contributed by atoms with Gasteiger partial charge in [0.25, 0.3) is 5.92 Å². The van der Waals surface area contributed by atoms with Crippen molar-refractivity contribution < 1.29 is 8.78 Å². The predicted octanol–water partition coefficient (Wildman–Crippen LogP) is 5.62. The van der Waals surface area contributed by atoms with Crippen molar-refractivity contribution in [3.63, 3.8) is 0 Å².